The number of anilines is 1. The third-order valence-corrected chi connectivity index (χ3v) is 3.29. The molecule has 0 unspecified atom stereocenters. The van der Waals surface area contributed by atoms with Crippen LogP contribution in [0.4, 0.5) is 5.82 Å². The minimum absolute atomic E-state index is 0.312. The molecule has 0 aliphatic heterocycles. The maximum absolute atomic E-state index is 9.21. The van der Waals surface area contributed by atoms with Gasteiger partial charge < -0.3 is 10.5 Å². The summed E-state index contributed by atoms with van der Waals surface area (Å²) in [5.41, 5.74) is 8.49. The number of ether oxygens (including phenoxy) is 1. The average Bonchev–Trinajstić information content (AvgIpc) is 2.80. The Labute approximate surface area is 124 Å². The lowest BCUT2D eigenvalue weighted by Crippen LogP contribution is -2.05. The van der Waals surface area contributed by atoms with Crippen LogP contribution in [0.5, 0.6) is 5.88 Å². The van der Waals surface area contributed by atoms with Crippen LogP contribution in [-0.2, 0) is 13.2 Å². The monoisotopic (exact) mass is 284 g/mol. The summed E-state index contributed by atoms with van der Waals surface area (Å²) >= 11 is 0. The molecular weight excluding hydrogens is 264 g/mol. The first-order valence-corrected chi connectivity index (χ1v) is 7.10. The molecule has 110 valence electrons. The molecular formula is C16H20N4O. The van der Waals surface area contributed by atoms with Crippen molar-refractivity contribution in [2.45, 2.75) is 39.8 Å². The largest absolute Gasteiger partial charge is 0.471 e. The molecule has 1 aromatic heterocycles. The quantitative estimate of drug-likeness (QED) is 0.884. The van der Waals surface area contributed by atoms with Crippen molar-refractivity contribution in [1.29, 1.82) is 5.26 Å². The molecule has 0 aliphatic rings. The standard InChI is InChI=1S/C16H20N4O/c1-3-4-9-20-15(18)14(10-17)16(19-20)21-11-13-7-5-12(2)6-8-13/h5-8H,3-4,9,11,18H2,1-2H3. The summed E-state index contributed by atoms with van der Waals surface area (Å²) in [5, 5.41) is 13.5. The number of hydrogen-bond acceptors (Lipinski definition) is 4. The van der Waals surface area contributed by atoms with Crippen LogP contribution >= 0.6 is 0 Å². The maximum atomic E-state index is 9.21. The van der Waals surface area contributed by atoms with E-state index in [1.54, 1.807) is 4.68 Å². The van der Waals surface area contributed by atoms with E-state index in [0.717, 1.165) is 18.4 Å². The number of nitrogens with two attached hydrogens (primary N) is 1. The molecule has 1 aromatic carbocycles. The second kappa shape index (κ2) is 6.80. The van der Waals surface area contributed by atoms with Gasteiger partial charge in [-0.3, -0.25) is 0 Å². The number of unbranched alkanes of at least 4 members (excludes halogenated alkanes) is 1. The highest BCUT2D eigenvalue weighted by molar-refractivity contribution is 5.55. The first-order valence-electron chi connectivity index (χ1n) is 7.10. The number of rotatable bonds is 6. The highest BCUT2D eigenvalue weighted by Crippen LogP contribution is 2.24. The Balaban J connectivity index is 2.12. The Morgan fingerprint density at radius 3 is 2.67 bits per heavy atom. The number of nitriles is 1. The van der Waals surface area contributed by atoms with Gasteiger partial charge in [0.15, 0.2) is 5.56 Å². The van der Waals surface area contributed by atoms with Crippen molar-refractivity contribution in [2.24, 2.45) is 0 Å². The van der Waals surface area contributed by atoms with Crippen LogP contribution in [0.2, 0.25) is 0 Å². The molecule has 0 atom stereocenters. The molecule has 0 saturated heterocycles. The van der Waals surface area contributed by atoms with E-state index in [-0.39, 0.29) is 0 Å². The number of aromatic nitrogens is 2. The normalized spacial score (nSPS) is 10.3. The molecule has 0 spiro atoms. The lowest BCUT2D eigenvalue weighted by Gasteiger charge is -2.04. The molecule has 0 amide bonds. The van der Waals surface area contributed by atoms with Crippen LogP contribution in [-0.4, -0.2) is 9.78 Å². The zero-order chi connectivity index (χ0) is 15.2. The minimum Gasteiger partial charge on any atom is -0.471 e. The van der Waals surface area contributed by atoms with Crippen molar-refractivity contribution in [3.8, 4) is 11.9 Å². The third-order valence-electron chi connectivity index (χ3n) is 3.29. The van der Waals surface area contributed by atoms with Crippen molar-refractivity contribution in [2.75, 3.05) is 5.73 Å². The van der Waals surface area contributed by atoms with E-state index in [1.165, 1.54) is 5.56 Å². The summed E-state index contributed by atoms with van der Waals surface area (Å²) in [6.45, 7) is 5.21. The highest BCUT2D eigenvalue weighted by Gasteiger charge is 2.16. The Morgan fingerprint density at radius 1 is 1.33 bits per heavy atom. The summed E-state index contributed by atoms with van der Waals surface area (Å²) in [6, 6.07) is 10.1. The van der Waals surface area contributed by atoms with Gasteiger partial charge in [-0.15, -0.1) is 5.10 Å². The zero-order valence-electron chi connectivity index (χ0n) is 12.5. The van der Waals surface area contributed by atoms with Gasteiger partial charge in [-0.05, 0) is 18.9 Å². The van der Waals surface area contributed by atoms with Crippen LogP contribution in [0, 0.1) is 18.3 Å². The molecule has 2 aromatic rings. The van der Waals surface area contributed by atoms with Crippen LogP contribution < -0.4 is 10.5 Å². The van der Waals surface area contributed by atoms with E-state index in [2.05, 4.69) is 18.1 Å². The van der Waals surface area contributed by atoms with E-state index in [1.807, 2.05) is 31.2 Å². The van der Waals surface area contributed by atoms with E-state index in [0.29, 0.717) is 30.4 Å². The van der Waals surface area contributed by atoms with Crippen LogP contribution in [0.15, 0.2) is 24.3 Å². The highest BCUT2D eigenvalue weighted by atomic mass is 16.5. The van der Waals surface area contributed by atoms with Gasteiger partial charge in [0, 0.05) is 6.54 Å². The number of nitrogen functional groups attached to an aromatic ring is 1. The molecule has 0 bridgehead atoms. The van der Waals surface area contributed by atoms with Gasteiger partial charge in [-0.1, -0.05) is 43.2 Å². The third kappa shape index (κ3) is 3.54. The molecule has 5 nitrogen and oxygen atoms in total. The Hall–Kier alpha value is -2.48. The Morgan fingerprint density at radius 2 is 2.05 bits per heavy atom. The van der Waals surface area contributed by atoms with Gasteiger partial charge in [0.2, 0.25) is 0 Å². The molecule has 0 fully saturated rings. The van der Waals surface area contributed by atoms with E-state index >= 15 is 0 Å². The molecule has 21 heavy (non-hydrogen) atoms. The first-order chi connectivity index (χ1) is 10.2. The molecule has 5 heteroatoms. The topological polar surface area (TPSA) is 76.9 Å². The smallest absolute Gasteiger partial charge is 0.253 e. The predicted octanol–water partition coefficient (Wildman–Crippen LogP) is 3.02. The number of hydrogen-bond donors (Lipinski definition) is 1. The molecule has 0 aliphatic carbocycles. The lowest BCUT2D eigenvalue weighted by atomic mass is 10.2. The predicted molar refractivity (Wildman–Crippen MR) is 81.8 cm³/mol. The van der Waals surface area contributed by atoms with E-state index in [9.17, 15) is 5.26 Å². The van der Waals surface area contributed by atoms with Crippen LogP contribution in [0.25, 0.3) is 0 Å². The second-order valence-electron chi connectivity index (χ2n) is 5.03. The first kappa shape index (κ1) is 14.9. The molecule has 0 radical (unpaired) electrons. The van der Waals surface area contributed by atoms with Gasteiger partial charge in [0.25, 0.3) is 5.88 Å². The fourth-order valence-electron chi connectivity index (χ4n) is 1.97. The van der Waals surface area contributed by atoms with Crippen LogP contribution in [0.1, 0.15) is 36.5 Å². The van der Waals surface area contributed by atoms with E-state index < -0.39 is 0 Å². The second-order valence-corrected chi connectivity index (χ2v) is 5.03. The molecule has 2 N–H and O–H groups in total. The number of aryl methyl sites for hydroxylation is 2. The Kier molecular flexibility index (Phi) is 4.83. The molecule has 1 heterocycles. The SMILES string of the molecule is CCCCn1nc(OCc2ccc(C)cc2)c(C#N)c1N. The van der Waals surface area contributed by atoms with Gasteiger partial charge in [-0.2, -0.15) is 5.26 Å². The summed E-state index contributed by atoms with van der Waals surface area (Å²) in [5.74, 6) is 0.691. The molecule has 0 saturated carbocycles. The molecule has 2 rings (SSSR count). The summed E-state index contributed by atoms with van der Waals surface area (Å²) in [4.78, 5) is 0. The fraction of sp³-hybridized carbons (Fsp3) is 0.375. The van der Waals surface area contributed by atoms with Crippen molar-refractivity contribution < 1.29 is 4.74 Å². The van der Waals surface area contributed by atoms with Gasteiger partial charge in [0.1, 0.15) is 18.5 Å². The van der Waals surface area contributed by atoms with Gasteiger partial charge >= 0.3 is 0 Å². The fourth-order valence-corrected chi connectivity index (χ4v) is 1.97. The summed E-state index contributed by atoms with van der Waals surface area (Å²) in [6.07, 6.45) is 2.01. The van der Waals surface area contributed by atoms with Gasteiger partial charge in [-0.25, -0.2) is 4.68 Å². The van der Waals surface area contributed by atoms with Crippen molar-refractivity contribution in [1.82, 2.24) is 9.78 Å². The van der Waals surface area contributed by atoms with Crippen molar-refractivity contribution >= 4 is 5.82 Å². The minimum atomic E-state index is 0.312. The van der Waals surface area contributed by atoms with Crippen LogP contribution in [0.3, 0.4) is 0 Å². The summed E-state index contributed by atoms with van der Waals surface area (Å²) < 4.78 is 7.31. The van der Waals surface area contributed by atoms with Crippen molar-refractivity contribution in [3.05, 3.63) is 41.0 Å². The lowest BCUT2D eigenvalue weighted by molar-refractivity contribution is 0.288. The van der Waals surface area contributed by atoms with Crippen molar-refractivity contribution in [3.63, 3.8) is 0 Å². The van der Waals surface area contributed by atoms with E-state index in [4.69, 9.17) is 10.5 Å². The number of benzene rings is 1. The summed E-state index contributed by atoms with van der Waals surface area (Å²) in [7, 11) is 0. The Bertz CT molecular complexity index is 638. The number of nitrogens with zero attached hydrogens (tertiary/aromatic N) is 3. The zero-order valence-corrected chi connectivity index (χ0v) is 12.5. The maximum Gasteiger partial charge on any atom is 0.253 e. The van der Waals surface area contributed by atoms with Gasteiger partial charge in [0.05, 0.1) is 0 Å². The average molecular weight is 284 g/mol.